The Hall–Kier alpha value is -3.65. The molecule has 1 unspecified atom stereocenters. The number of aryl methyl sites for hydroxylation is 1. The van der Waals surface area contributed by atoms with Crippen LogP contribution in [0.15, 0.2) is 72.3 Å². The first-order valence-electron chi connectivity index (χ1n) is 12.7. The number of aliphatic imine (C=N–C) groups is 1. The normalized spacial score (nSPS) is 19.2. The van der Waals surface area contributed by atoms with E-state index in [4.69, 9.17) is 10.1 Å². The quantitative estimate of drug-likeness (QED) is 0.524. The maximum absolute atomic E-state index is 4.94. The van der Waals surface area contributed by atoms with E-state index in [9.17, 15) is 0 Å². The van der Waals surface area contributed by atoms with Crippen molar-refractivity contribution in [3.8, 4) is 11.3 Å². The lowest BCUT2D eigenvalue weighted by Gasteiger charge is -2.44. The van der Waals surface area contributed by atoms with Crippen molar-refractivity contribution in [1.82, 2.24) is 25.0 Å². The van der Waals surface area contributed by atoms with Crippen LogP contribution in [0.5, 0.6) is 0 Å². The van der Waals surface area contributed by atoms with Gasteiger partial charge in [0.2, 0.25) is 0 Å². The molecule has 2 aliphatic heterocycles. The van der Waals surface area contributed by atoms with E-state index < -0.39 is 0 Å². The summed E-state index contributed by atoms with van der Waals surface area (Å²) in [5.74, 6) is 0. The van der Waals surface area contributed by atoms with Gasteiger partial charge in [0.1, 0.15) is 5.69 Å². The molecule has 0 bridgehead atoms. The molecule has 4 heterocycles. The summed E-state index contributed by atoms with van der Waals surface area (Å²) in [6.07, 6.45) is 11.7. The second kappa shape index (κ2) is 10.1. The van der Waals surface area contributed by atoms with Gasteiger partial charge in [0, 0.05) is 72.5 Å². The zero-order valence-corrected chi connectivity index (χ0v) is 21.6. The van der Waals surface area contributed by atoms with Gasteiger partial charge in [0.15, 0.2) is 6.29 Å². The molecule has 1 fully saturated rings. The van der Waals surface area contributed by atoms with Crippen LogP contribution in [0.4, 0.5) is 11.4 Å². The zero-order valence-electron chi connectivity index (χ0n) is 21.6. The number of nitrogens with zero attached hydrogens (tertiary/aromatic N) is 6. The minimum absolute atomic E-state index is 0.265. The minimum atomic E-state index is -0.265. The van der Waals surface area contributed by atoms with E-state index >= 15 is 0 Å². The number of piperidine rings is 1. The molecule has 36 heavy (non-hydrogen) atoms. The molecule has 0 spiro atoms. The fourth-order valence-electron chi connectivity index (χ4n) is 4.78. The van der Waals surface area contributed by atoms with E-state index in [1.54, 1.807) is 6.20 Å². The van der Waals surface area contributed by atoms with Gasteiger partial charge in [-0.15, -0.1) is 0 Å². The summed E-state index contributed by atoms with van der Waals surface area (Å²) in [4.78, 5) is 14.1. The molecule has 0 aliphatic carbocycles. The third-order valence-corrected chi connectivity index (χ3v) is 7.52. The Bertz CT molecular complexity index is 1220. The molecule has 2 aromatic heterocycles. The van der Waals surface area contributed by atoms with Gasteiger partial charge in [-0.05, 0) is 83.3 Å². The van der Waals surface area contributed by atoms with E-state index in [0.29, 0.717) is 5.54 Å². The van der Waals surface area contributed by atoms with Crippen LogP contribution in [0.1, 0.15) is 32.3 Å². The Balaban J connectivity index is 1.29. The molecule has 0 radical (unpaired) electrons. The SMILES string of the molecule is CCn1cc(C2=NC(Nc3ccc(N4CCC(C)(N(C)C)CC4)cc3)NC=C2)c(-c2cccnc2)n1. The van der Waals surface area contributed by atoms with Crippen LogP contribution in [0.3, 0.4) is 0 Å². The van der Waals surface area contributed by atoms with E-state index in [0.717, 1.165) is 47.9 Å². The Labute approximate surface area is 213 Å². The van der Waals surface area contributed by atoms with Crippen molar-refractivity contribution in [3.05, 3.63) is 72.8 Å². The molecule has 5 rings (SSSR count). The fourth-order valence-corrected chi connectivity index (χ4v) is 4.78. The summed E-state index contributed by atoms with van der Waals surface area (Å²) in [5.41, 5.74) is 6.36. The highest BCUT2D eigenvalue weighted by molar-refractivity contribution is 6.12. The summed E-state index contributed by atoms with van der Waals surface area (Å²) in [6, 6.07) is 12.7. The largest absolute Gasteiger partial charge is 0.371 e. The number of hydrogen-bond acceptors (Lipinski definition) is 7. The number of benzene rings is 1. The van der Waals surface area contributed by atoms with E-state index in [-0.39, 0.29) is 6.29 Å². The van der Waals surface area contributed by atoms with E-state index in [1.807, 2.05) is 35.3 Å². The maximum atomic E-state index is 4.94. The topological polar surface area (TPSA) is 73.6 Å². The summed E-state index contributed by atoms with van der Waals surface area (Å²) < 4.78 is 1.94. The molecular weight excluding hydrogens is 448 g/mol. The number of rotatable bonds is 7. The smallest absolute Gasteiger partial charge is 0.194 e. The molecule has 8 heteroatoms. The predicted octanol–water partition coefficient (Wildman–Crippen LogP) is 4.19. The maximum Gasteiger partial charge on any atom is 0.194 e. The minimum Gasteiger partial charge on any atom is -0.371 e. The first kappa shape index (κ1) is 24.1. The predicted molar refractivity (Wildman–Crippen MR) is 147 cm³/mol. The second-order valence-electron chi connectivity index (χ2n) is 9.98. The summed E-state index contributed by atoms with van der Waals surface area (Å²) >= 11 is 0. The monoisotopic (exact) mass is 484 g/mol. The van der Waals surface area contributed by atoms with Crippen molar-refractivity contribution < 1.29 is 0 Å². The molecule has 1 aromatic carbocycles. The molecule has 1 saturated heterocycles. The van der Waals surface area contributed by atoms with Crippen molar-refractivity contribution >= 4 is 17.1 Å². The Morgan fingerprint density at radius 2 is 1.92 bits per heavy atom. The molecule has 2 N–H and O–H groups in total. The van der Waals surface area contributed by atoms with Gasteiger partial charge in [-0.25, -0.2) is 4.99 Å². The van der Waals surface area contributed by atoms with Gasteiger partial charge < -0.3 is 20.4 Å². The lowest BCUT2D eigenvalue weighted by Crippen LogP contribution is -2.50. The van der Waals surface area contributed by atoms with Crippen LogP contribution in [-0.2, 0) is 6.54 Å². The number of nitrogens with one attached hydrogen (secondary N) is 2. The van der Waals surface area contributed by atoms with Crippen LogP contribution >= 0.6 is 0 Å². The van der Waals surface area contributed by atoms with Crippen LogP contribution in [0, 0.1) is 0 Å². The number of anilines is 2. The van der Waals surface area contributed by atoms with Gasteiger partial charge in [0.25, 0.3) is 0 Å². The van der Waals surface area contributed by atoms with Crippen LogP contribution in [-0.4, -0.2) is 64.4 Å². The summed E-state index contributed by atoms with van der Waals surface area (Å²) in [7, 11) is 4.38. The van der Waals surface area contributed by atoms with Gasteiger partial charge in [-0.1, -0.05) is 0 Å². The van der Waals surface area contributed by atoms with E-state index in [2.05, 4.69) is 83.8 Å². The fraction of sp³-hybridized carbons (Fsp3) is 0.393. The molecule has 0 amide bonds. The highest BCUT2D eigenvalue weighted by Crippen LogP contribution is 2.30. The van der Waals surface area contributed by atoms with Gasteiger partial charge in [0.05, 0.1) is 5.71 Å². The summed E-state index contributed by atoms with van der Waals surface area (Å²) in [6.45, 7) is 7.40. The van der Waals surface area contributed by atoms with Crippen LogP contribution < -0.4 is 15.5 Å². The molecule has 0 saturated carbocycles. The number of hydrogen-bond donors (Lipinski definition) is 2. The number of pyridine rings is 1. The lowest BCUT2D eigenvalue weighted by molar-refractivity contribution is 0.137. The Morgan fingerprint density at radius 1 is 1.14 bits per heavy atom. The van der Waals surface area contributed by atoms with Crippen molar-refractivity contribution in [2.24, 2.45) is 4.99 Å². The average molecular weight is 485 g/mol. The standard InChI is InChI=1S/C28H36N8/c1-5-36-20-24(26(33-36)21-7-6-15-29-19-21)25-12-16-30-27(32-25)31-22-8-10-23(11-9-22)35-17-13-28(2,14-18-35)34(3)4/h6-12,15-16,19-20,27,30-31H,5,13-14,17-18H2,1-4H3. The third-order valence-electron chi connectivity index (χ3n) is 7.52. The number of aromatic nitrogens is 3. The molecule has 3 aromatic rings. The first-order chi connectivity index (χ1) is 17.4. The van der Waals surface area contributed by atoms with Crippen LogP contribution in [0.2, 0.25) is 0 Å². The highest BCUT2D eigenvalue weighted by atomic mass is 15.3. The van der Waals surface area contributed by atoms with Gasteiger partial charge in [-0.3, -0.25) is 9.67 Å². The van der Waals surface area contributed by atoms with Crippen molar-refractivity contribution in [3.63, 3.8) is 0 Å². The van der Waals surface area contributed by atoms with Crippen LogP contribution in [0.25, 0.3) is 11.3 Å². The molecular formula is C28H36N8. The molecule has 1 atom stereocenters. The lowest BCUT2D eigenvalue weighted by atomic mass is 9.88. The Morgan fingerprint density at radius 3 is 2.58 bits per heavy atom. The average Bonchev–Trinajstić information content (AvgIpc) is 3.35. The molecule has 8 nitrogen and oxygen atoms in total. The summed E-state index contributed by atoms with van der Waals surface area (Å²) in [5, 5.41) is 11.6. The van der Waals surface area contributed by atoms with Gasteiger partial charge >= 0.3 is 0 Å². The molecule has 2 aliphatic rings. The van der Waals surface area contributed by atoms with Crippen molar-refractivity contribution in [2.45, 2.75) is 45.1 Å². The van der Waals surface area contributed by atoms with E-state index in [1.165, 1.54) is 18.5 Å². The third kappa shape index (κ3) is 4.99. The first-order valence-corrected chi connectivity index (χ1v) is 12.7. The van der Waals surface area contributed by atoms with Gasteiger partial charge in [-0.2, -0.15) is 5.10 Å². The second-order valence-corrected chi connectivity index (χ2v) is 9.98. The van der Waals surface area contributed by atoms with Crippen molar-refractivity contribution in [1.29, 1.82) is 0 Å². The van der Waals surface area contributed by atoms with Crippen molar-refractivity contribution in [2.75, 3.05) is 37.4 Å². The molecule has 188 valence electrons. The highest BCUT2D eigenvalue weighted by Gasteiger charge is 2.31. The number of allylic oxidation sites excluding steroid dienone is 1. The Kier molecular flexibility index (Phi) is 6.78. The zero-order chi connectivity index (χ0) is 25.1.